The van der Waals surface area contributed by atoms with Crippen molar-refractivity contribution in [3.8, 4) is 0 Å². The number of piperidine rings is 1. The van der Waals surface area contributed by atoms with Crippen molar-refractivity contribution in [1.29, 1.82) is 0 Å². The summed E-state index contributed by atoms with van der Waals surface area (Å²) in [4.78, 5) is 28.7. The van der Waals surface area contributed by atoms with Gasteiger partial charge in [0.2, 0.25) is 11.8 Å². The number of rotatable bonds is 5. The van der Waals surface area contributed by atoms with E-state index in [1.165, 1.54) is 0 Å². The molecule has 1 rings (SSSR count). The molecule has 2 atom stereocenters. The van der Waals surface area contributed by atoms with Gasteiger partial charge in [0.05, 0.1) is 5.92 Å². The third-order valence-electron chi connectivity index (χ3n) is 4.73. The maximum absolute atomic E-state index is 12.6. The molecule has 1 aliphatic heterocycles. The van der Waals surface area contributed by atoms with Crippen molar-refractivity contribution in [2.45, 2.75) is 59.9 Å². The Morgan fingerprint density at radius 3 is 2.38 bits per heavy atom. The summed E-state index contributed by atoms with van der Waals surface area (Å²) < 4.78 is 0. The quantitative estimate of drug-likeness (QED) is 0.818. The van der Waals surface area contributed by atoms with E-state index < -0.39 is 0 Å². The highest BCUT2D eigenvalue weighted by molar-refractivity contribution is 5.85. The summed E-state index contributed by atoms with van der Waals surface area (Å²) in [7, 11) is 1.85. The van der Waals surface area contributed by atoms with E-state index in [-0.39, 0.29) is 41.6 Å². The van der Waals surface area contributed by atoms with Gasteiger partial charge in [0, 0.05) is 38.1 Å². The summed E-state index contributed by atoms with van der Waals surface area (Å²) in [6.45, 7) is 12.0. The molecule has 0 saturated carbocycles. The van der Waals surface area contributed by atoms with Gasteiger partial charge >= 0.3 is 0 Å². The van der Waals surface area contributed by atoms with Crippen molar-refractivity contribution in [2.24, 2.45) is 23.0 Å². The van der Waals surface area contributed by atoms with Crippen molar-refractivity contribution in [3.63, 3.8) is 0 Å². The van der Waals surface area contributed by atoms with Crippen LogP contribution in [0.4, 0.5) is 0 Å². The second kappa shape index (κ2) is 9.62. The van der Waals surface area contributed by atoms with Crippen molar-refractivity contribution < 1.29 is 9.59 Å². The van der Waals surface area contributed by atoms with Crippen LogP contribution in [-0.4, -0.2) is 54.3 Å². The Balaban J connectivity index is 0.00000529. The van der Waals surface area contributed by atoms with Crippen LogP contribution in [0.3, 0.4) is 0 Å². The van der Waals surface area contributed by atoms with Gasteiger partial charge in [-0.1, -0.05) is 34.6 Å². The Morgan fingerprint density at radius 1 is 1.29 bits per heavy atom. The standard InChI is InChI=1S/C18H35N3O2.ClH/c1-13(2)15(19)9-11-20(6)16(22)14-8-7-10-21(12-14)17(23)18(3,4)5;/h13-15H,7-12,19H2,1-6H3;1H. The molecular formula is C18H36ClN3O2. The average Bonchev–Trinajstić information content (AvgIpc) is 2.49. The molecule has 142 valence electrons. The zero-order valence-electron chi connectivity index (χ0n) is 16.2. The molecule has 0 radical (unpaired) electrons. The van der Waals surface area contributed by atoms with Gasteiger partial charge in [-0.3, -0.25) is 9.59 Å². The summed E-state index contributed by atoms with van der Waals surface area (Å²) in [5.41, 5.74) is 5.67. The fourth-order valence-electron chi connectivity index (χ4n) is 2.94. The first-order valence-electron chi connectivity index (χ1n) is 8.84. The molecule has 1 fully saturated rings. The predicted molar refractivity (Wildman–Crippen MR) is 101 cm³/mol. The van der Waals surface area contributed by atoms with E-state index in [0.717, 1.165) is 25.8 Å². The molecule has 1 aliphatic rings. The van der Waals surface area contributed by atoms with E-state index in [0.29, 0.717) is 19.0 Å². The molecule has 0 spiro atoms. The van der Waals surface area contributed by atoms with Crippen molar-refractivity contribution in [1.82, 2.24) is 9.80 Å². The Kier molecular flexibility index (Phi) is 9.29. The first kappa shape index (κ1) is 23.2. The molecule has 0 bridgehead atoms. The number of hydrogen-bond acceptors (Lipinski definition) is 3. The van der Waals surface area contributed by atoms with Crippen molar-refractivity contribution in [3.05, 3.63) is 0 Å². The monoisotopic (exact) mass is 361 g/mol. The summed E-state index contributed by atoms with van der Waals surface area (Å²) in [5.74, 6) is 0.634. The topological polar surface area (TPSA) is 66.6 Å². The molecule has 24 heavy (non-hydrogen) atoms. The lowest BCUT2D eigenvalue weighted by Gasteiger charge is -2.37. The molecule has 1 saturated heterocycles. The predicted octanol–water partition coefficient (Wildman–Crippen LogP) is 2.52. The number of halogens is 1. The highest BCUT2D eigenvalue weighted by Crippen LogP contribution is 2.24. The second-order valence-electron chi connectivity index (χ2n) is 8.30. The van der Waals surface area contributed by atoms with E-state index in [1.54, 1.807) is 4.90 Å². The van der Waals surface area contributed by atoms with Gasteiger partial charge < -0.3 is 15.5 Å². The van der Waals surface area contributed by atoms with E-state index in [1.807, 2.05) is 32.7 Å². The molecule has 0 aliphatic carbocycles. The molecule has 0 aromatic heterocycles. The van der Waals surface area contributed by atoms with Gasteiger partial charge in [-0.05, 0) is 25.2 Å². The highest BCUT2D eigenvalue weighted by atomic mass is 35.5. The summed E-state index contributed by atoms with van der Waals surface area (Å²) >= 11 is 0. The number of amides is 2. The van der Waals surface area contributed by atoms with Gasteiger partial charge in [-0.2, -0.15) is 0 Å². The zero-order valence-corrected chi connectivity index (χ0v) is 17.0. The minimum Gasteiger partial charge on any atom is -0.345 e. The Labute approximate surface area is 153 Å². The summed E-state index contributed by atoms with van der Waals surface area (Å²) in [5, 5.41) is 0. The SMILES string of the molecule is CC(C)C(N)CCN(C)C(=O)C1CCCN(C(=O)C(C)(C)C)C1.Cl. The van der Waals surface area contributed by atoms with Gasteiger partial charge in [0.25, 0.3) is 0 Å². The number of likely N-dealkylation sites (tertiary alicyclic amines) is 1. The van der Waals surface area contributed by atoms with E-state index >= 15 is 0 Å². The number of nitrogens with zero attached hydrogens (tertiary/aromatic N) is 2. The minimum absolute atomic E-state index is 0. The Morgan fingerprint density at radius 2 is 1.88 bits per heavy atom. The normalized spacial score (nSPS) is 19.7. The van der Waals surface area contributed by atoms with Crippen LogP contribution in [0, 0.1) is 17.3 Å². The van der Waals surface area contributed by atoms with Crippen LogP contribution in [0.25, 0.3) is 0 Å². The summed E-state index contributed by atoms with van der Waals surface area (Å²) in [6.07, 6.45) is 2.59. The van der Waals surface area contributed by atoms with Crippen molar-refractivity contribution >= 4 is 24.2 Å². The van der Waals surface area contributed by atoms with Crippen LogP contribution >= 0.6 is 12.4 Å². The number of hydrogen-bond donors (Lipinski definition) is 1. The average molecular weight is 362 g/mol. The molecule has 0 aromatic rings. The zero-order chi connectivity index (χ0) is 17.8. The lowest BCUT2D eigenvalue weighted by molar-refractivity contribution is -0.144. The highest BCUT2D eigenvalue weighted by Gasteiger charge is 2.34. The van der Waals surface area contributed by atoms with Crippen LogP contribution < -0.4 is 5.73 Å². The maximum Gasteiger partial charge on any atom is 0.227 e. The largest absolute Gasteiger partial charge is 0.345 e. The molecule has 1 heterocycles. The Bertz CT molecular complexity index is 421. The molecule has 6 heteroatoms. The van der Waals surface area contributed by atoms with E-state index in [9.17, 15) is 9.59 Å². The van der Waals surface area contributed by atoms with Crippen LogP contribution in [0.15, 0.2) is 0 Å². The van der Waals surface area contributed by atoms with Crippen LogP contribution in [0.1, 0.15) is 53.9 Å². The summed E-state index contributed by atoms with van der Waals surface area (Å²) in [6, 6.07) is 0.121. The first-order valence-corrected chi connectivity index (χ1v) is 8.84. The molecule has 0 aromatic carbocycles. The fourth-order valence-corrected chi connectivity index (χ4v) is 2.94. The fraction of sp³-hybridized carbons (Fsp3) is 0.889. The smallest absolute Gasteiger partial charge is 0.227 e. The van der Waals surface area contributed by atoms with Crippen LogP contribution in [0.2, 0.25) is 0 Å². The van der Waals surface area contributed by atoms with Crippen molar-refractivity contribution in [2.75, 3.05) is 26.7 Å². The van der Waals surface area contributed by atoms with E-state index in [4.69, 9.17) is 5.73 Å². The maximum atomic E-state index is 12.6. The molecule has 2 unspecified atom stereocenters. The first-order chi connectivity index (χ1) is 10.5. The third-order valence-corrected chi connectivity index (χ3v) is 4.73. The Hall–Kier alpha value is -0.810. The van der Waals surface area contributed by atoms with Gasteiger partial charge in [-0.25, -0.2) is 0 Å². The van der Waals surface area contributed by atoms with E-state index in [2.05, 4.69) is 13.8 Å². The molecule has 2 N–H and O–H groups in total. The second-order valence-corrected chi connectivity index (χ2v) is 8.30. The number of carbonyl (C=O) groups is 2. The molecular weight excluding hydrogens is 326 g/mol. The lowest BCUT2D eigenvalue weighted by atomic mass is 9.90. The number of carbonyl (C=O) groups excluding carboxylic acids is 2. The van der Waals surface area contributed by atoms with Crippen LogP contribution in [0.5, 0.6) is 0 Å². The number of nitrogens with two attached hydrogens (primary N) is 1. The minimum atomic E-state index is -0.388. The van der Waals surface area contributed by atoms with Gasteiger partial charge in [-0.15, -0.1) is 12.4 Å². The van der Waals surface area contributed by atoms with Gasteiger partial charge in [0.15, 0.2) is 0 Å². The van der Waals surface area contributed by atoms with Gasteiger partial charge in [0.1, 0.15) is 0 Å². The third kappa shape index (κ3) is 6.60. The molecule has 2 amide bonds. The lowest BCUT2D eigenvalue weighted by Crippen LogP contribution is -2.49. The van der Waals surface area contributed by atoms with Crippen LogP contribution in [-0.2, 0) is 9.59 Å². The molecule has 5 nitrogen and oxygen atoms in total.